The summed E-state index contributed by atoms with van der Waals surface area (Å²) in [6.45, 7) is 14.0. The number of hydrogen-bond acceptors (Lipinski definition) is 18. The third kappa shape index (κ3) is 8.10. The zero-order chi connectivity index (χ0) is 49.1. The SMILES string of the molecule is CC1(C)C[C@@H](O)[C@]2(C)CC[C@@]3(C)C(=CC[C@H]4[C@]5(C)CC[C@H](O[C@@H]6O[C@H](C(=O)O)[C@@H](O)[C@H](O)[C@H]6O[C@@H]6O[C@H](CO)[C@H](O)[C@H](O)[C@H]6O[C@@H]6O[C@H](CO)[C@@H](O)[C@H](O)[C@H]6O)[C@@](C)(CO)[C@H]5CC[C@@]43C)[C@H]2C1. The molecule has 19 heteroatoms. The summed E-state index contributed by atoms with van der Waals surface area (Å²) in [4.78, 5) is 12.5. The van der Waals surface area contributed by atoms with Crippen molar-refractivity contribution in [2.45, 2.75) is 211 Å². The second-order valence-corrected chi connectivity index (χ2v) is 23.6. The molecule has 5 aliphatic carbocycles. The van der Waals surface area contributed by atoms with Crippen molar-refractivity contribution in [3.63, 3.8) is 0 Å². The Bertz CT molecular complexity index is 1830. The summed E-state index contributed by atoms with van der Waals surface area (Å²) in [6, 6.07) is 0. The quantitative estimate of drug-likeness (QED) is 0.0986. The molecule has 384 valence electrons. The van der Waals surface area contributed by atoms with E-state index in [0.29, 0.717) is 12.8 Å². The van der Waals surface area contributed by atoms with Crippen LogP contribution in [0.25, 0.3) is 0 Å². The Morgan fingerprint density at radius 1 is 0.627 bits per heavy atom. The molecule has 3 heterocycles. The third-order valence-corrected chi connectivity index (χ3v) is 19.5. The highest BCUT2D eigenvalue weighted by Crippen LogP contribution is 2.76. The fourth-order valence-corrected chi connectivity index (χ4v) is 15.2. The van der Waals surface area contributed by atoms with Crippen LogP contribution in [0.15, 0.2) is 11.6 Å². The number of aliphatic carboxylic acids is 1. The van der Waals surface area contributed by atoms with Crippen LogP contribution >= 0.6 is 0 Å². The molecule has 0 radical (unpaired) electrons. The third-order valence-electron chi connectivity index (χ3n) is 19.5. The maximum Gasteiger partial charge on any atom is 0.335 e. The van der Waals surface area contributed by atoms with E-state index in [1.165, 1.54) is 5.57 Å². The van der Waals surface area contributed by atoms with Crippen LogP contribution in [-0.4, -0.2) is 191 Å². The van der Waals surface area contributed by atoms with E-state index in [4.69, 9.17) is 28.4 Å². The summed E-state index contributed by atoms with van der Waals surface area (Å²) in [5, 5.41) is 130. The van der Waals surface area contributed by atoms with Crippen molar-refractivity contribution in [2.24, 2.45) is 50.2 Å². The molecule has 0 bridgehead atoms. The number of ether oxygens (including phenoxy) is 6. The molecule has 4 saturated carbocycles. The van der Waals surface area contributed by atoms with Gasteiger partial charge in [0.05, 0.1) is 32.0 Å². The van der Waals surface area contributed by atoms with Crippen LogP contribution in [0.3, 0.4) is 0 Å². The van der Waals surface area contributed by atoms with Gasteiger partial charge in [0.25, 0.3) is 0 Å². The summed E-state index contributed by atoms with van der Waals surface area (Å²) in [7, 11) is 0. The second-order valence-electron chi connectivity index (χ2n) is 23.6. The molecule has 0 unspecified atom stereocenters. The summed E-state index contributed by atoms with van der Waals surface area (Å²) in [5.74, 6) is -1.22. The van der Waals surface area contributed by atoms with Gasteiger partial charge in [-0.05, 0) is 97.2 Å². The first-order valence-corrected chi connectivity index (χ1v) is 24.4. The molecule has 8 aliphatic rings. The zero-order valence-electron chi connectivity index (χ0n) is 39.8. The minimum Gasteiger partial charge on any atom is -0.479 e. The molecular weight excluding hydrogens is 881 g/mol. The molecule has 12 N–H and O–H groups in total. The lowest BCUT2D eigenvalue weighted by Gasteiger charge is -2.72. The van der Waals surface area contributed by atoms with E-state index in [9.17, 15) is 66.1 Å². The number of allylic oxidation sites excluding steroid dienone is 2. The maximum atomic E-state index is 12.5. The second kappa shape index (κ2) is 18.2. The average molecular weight is 959 g/mol. The molecule has 67 heavy (non-hydrogen) atoms. The Balaban J connectivity index is 1.08. The monoisotopic (exact) mass is 959 g/mol. The number of aliphatic hydroxyl groups excluding tert-OH is 11. The largest absolute Gasteiger partial charge is 0.479 e. The molecule has 0 aromatic rings. The van der Waals surface area contributed by atoms with Crippen molar-refractivity contribution in [3.8, 4) is 0 Å². The van der Waals surface area contributed by atoms with Crippen molar-refractivity contribution in [1.29, 1.82) is 0 Å². The average Bonchev–Trinajstić information content (AvgIpc) is 3.27. The summed E-state index contributed by atoms with van der Waals surface area (Å²) < 4.78 is 36.0. The standard InChI is InChI=1S/C48H78O19/c1-43(2)16-22-21-8-9-26-45(4)12-11-28(46(5,20-51)25(45)10-13-48(26,7)47(21,6)15-14-44(22,3)27(52)17-43)64-42-38(34(58)33(57)36(65-42)39(60)61)67-41-37(32(56)30(54)24(19-50)63-41)66-40-35(59)31(55)29(53)23(18-49)62-40/h8,22-38,40-42,49-59H,9-20H2,1-7H3,(H,60,61)/t22-,23-,24-,25+,26+,27-,28+,29-,30+,31+,32+,33+,34+,35-,36+,37-,38-,40+,41+,42-,44-,45-,46+,47+,48+/m1/s1. The van der Waals surface area contributed by atoms with Gasteiger partial charge in [-0.3, -0.25) is 0 Å². The van der Waals surface area contributed by atoms with Gasteiger partial charge in [-0.1, -0.05) is 60.1 Å². The molecule has 19 nitrogen and oxygen atoms in total. The smallest absolute Gasteiger partial charge is 0.335 e. The number of carbonyl (C=O) groups is 1. The lowest BCUT2D eigenvalue weighted by molar-refractivity contribution is -0.397. The van der Waals surface area contributed by atoms with Crippen molar-refractivity contribution < 1.29 is 94.5 Å². The Labute approximate surface area is 392 Å². The van der Waals surface area contributed by atoms with Gasteiger partial charge in [0.1, 0.15) is 67.1 Å². The first-order valence-electron chi connectivity index (χ1n) is 24.4. The van der Waals surface area contributed by atoms with Crippen LogP contribution in [0.1, 0.15) is 106 Å². The molecule has 0 amide bonds. The highest BCUT2D eigenvalue weighted by atomic mass is 16.8. The minimum absolute atomic E-state index is 0.00861. The summed E-state index contributed by atoms with van der Waals surface area (Å²) in [6.07, 6.45) is -19.2. The summed E-state index contributed by atoms with van der Waals surface area (Å²) >= 11 is 0. The van der Waals surface area contributed by atoms with Crippen molar-refractivity contribution in [2.75, 3.05) is 19.8 Å². The first kappa shape index (κ1) is 51.9. The fourth-order valence-electron chi connectivity index (χ4n) is 15.2. The van der Waals surface area contributed by atoms with E-state index in [1.807, 2.05) is 6.92 Å². The van der Waals surface area contributed by atoms with E-state index in [2.05, 4.69) is 47.6 Å². The van der Waals surface area contributed by atoms with Gasteiger partial charge in [-0.2, -0.15) is 0 Å². The summed E-state index contributed by atoms with van der Waals surface area (Å²) in [5.41, 5.74) is -0.143. The maximum absolute atomic E-state index is 12.5. The normalized spacial score (nSPS) is 55.3. The predicted octanol–water partition coefficient (Wildman–Crippen LogP) is -0.323. The predicted molar refractivity (Wildman–Crippen MR) is 232 cm³/mol. The van der Waals surface area contributed by atoms with E-state index < -0.39 is 123 Å². The molecule has 8 rings (SSSR count). The lowest BCUT2D eigenvalue weighted by atomic mass is 9.33. The molecule has 0 aromatic carbocycles. The van der Waals surface area contributed by atoms with E-state index in [-0.39, 0.29) is 57.5 Å². The molecule has 25 atom stereocenters. The molecule has 3 aliphatic heterocycles. The molecule has 0 spiro atoms. The van der Waals surface area contributed by atoms with Gasteiger partial charge >= 0.3 is 5.97 Å². The lowest BCUT2D eigenvalue weighted by Crippen LogP contribution is -2.68. The van der Waals surface area contributed by atoms with Crippen molar-refractivity contribution in [3.05, 3.63) is 11.6 Å². The number of aliphatic hydroxyl groups is 11. The number of hydrogen-bond donors (Lipinski definition) is 12. The van der Waals surface area contributed by atoms with Crippen LogP contribution in [-0.2, 0) is 33.2 Å². The number of fused-ring (bicyclic) bond motifs is 7. The van der Waals surface area contributed by atoms with E-state index in [1.54, 1.807) is 0 Å². The molecular formula is C48H78O19. The number of carboxylic acid groups (broad SMARTS) is 1. The highest BCUT2D eigenvalue weighted by Gasteiger charge is 2.70. The topological polar surface area (TPSA) is 315 Å². The van der Waals surface area contributed by atoms with Crippen LogP contribution < -0.4 is 0 Å². The van der Waals surface area contributed by atoms with Crippen LogP contribution in [0.2, 0.25) is 0 Å². The minimum atomic E-state index is -2.10. The first-order chi connectivity index (χ1) is 31.3. The Hall–Kier alpha value is -1.47. The number of rotatable bonds is 10. The van der Waals surface area contributed by atoms with Gasteiger partial charge in [0.15, 0.2) is 25.0 Å². The van der Waals surface area contributed by atoms with Gasteiger partial charge in [-0.15, -0.1) is 0 Å². The van der Waals surface area contributed by atoms with Crippen LogP contribution in [0, 0.1) is 50.2 Å². The Morgan fingerprint density at radius 3 is 1.82 bits per heavy atom. The van der Waals surface area contributed by atoms with Gasteiger partial charge in [0.2, 0.25) is 0 Å². The molecule has 7 fully saturated rings. The van der Waals surface area contributed by atoms with Crippen LogP contribution in [0.4, 0.5) is 0 Å². The Kier molecular flexibility index (Phi) is 14.1. The van der Waals surface area contributed by atoms with Crippen LogP contribution in [0.5, 0.6) is 0 Å². The van der Waals surface area contributed by atoms with Crippen molar-refractivity contribution >= 4 is 5.97 Å². The fraction of sp³-hybridized carbons (Fsp3) is 0.938. The van der Waals surface area contributed by atoms with Gasteiger partial charge < -0.3 is 89.7 Å². The van der Waals surface area contributed by atoms with Gasteiger partial charge in [0, 0.05) is 10.8 Å². The highest BCUT2D eigenvalue weighted by molar-refractivity contribution is 5.73. The number of carboxylic acids is 1. The van der Waals surface area contributed by atoms with Crippen molar-refractivity contribution in [1.82, 2.24) is 0 Å². The Morgan fingerprint density at radius 2 is 1.21 bits per heavy atom. The molecule has 0 aromatic heterocycles. The van der Waals surface area contributed by atoms with Gasteiger partial charge in [-0.25, -0.2) is 4.79 Å². The molecule has 3 saturated heterocycles. The van der Waals surface area contributed by atoms with E-state index >= 15 is 0 Å². The zero-order valence-corrected chi connectivity index (χ0v) is 39.8. The van der Waals surface area contributed by atoms with E-state index in [0.717, 1.165) is 44.9 Å².